The molecule has 726 valence electrons. The minimum absolute atomic E-state index is 0.0995. The van der Waals surface area contributed by atoms with E-state index in [1.807, 2.05) is 107 Å². The van der Waals surface area contributed by atoms with Crippen LogP contribution in [-0.2, 0) is 55.0 Å². The molecule has 4 aliphatic heterocycles. The summed E-state index contributed by atoms with van der Waals surface area (Å²) >= 11 is 0. The Labute approximate surface area is 827 Å². The molecule has 35 nitrogen and oxygen atoms in total. The SMILES string of the molecule is CCCc1nc(-c2nc3cnc(N4CCN(C)CC4)cc3n2Cc2ccccc2)cn2c(C)nnc12.CCc1nc(-c2nc3cc(C4=NCC(=O)CC4C)ccc3n2Cc2ccccc2)cn2c(C)nnc12.CCc1nc(-c2nc3ccc(N4CCOCC4)cc3n2Cc2ccccc2)cn2c(C)nnc12.Cc1nnc2c(NC(C)C)nc(-c3nc4cnc(N5CCN(C)CC5)cc4n3Cc3ccccc3)cn12. The van der Waals surface area contributed by atoms with Gasteiger partial charge in [0, 0.05) is 158 Å². The number of nitrogens with zero attached hydrogens (tertiary/aromatic N) is 32. The van der Waals surface area contributed by atoms with E-state index in [9.17, 15) is 4.79 Å². The van der Waals surface area contributed by atoms with Gasteiger partial charge in [0.2, 0.25) is 5.65 Å². The molecule has 3 saturated heterocycles. The zero-order chi connectivity index (χ0) is 98.0. The number of likely N-dealkylation sites (N-methyl/N-ethyl adjacent to an activating group) is 2. The van der Waals surface area contributed by atoms with Gasteiger partial charge in [-0.05, 0) is 133 Å². The van der Waals surface area contributed by atoms with Gasteiger partial charge >= 0.3 is 0 Å². The highest BCUT2D eigenvalue weighted by atomic mass is 16.5. The molecule has 6 aromatic carbocycles. The number of anilines is 4. The molecule has 0 amide bonds. The Hall–Kier alpha value is -15.9. The average Bonchev–Trinajstić information content (AvgIpc) is 1.61. The number of aryl methyl sites for hydroxylation is 7. The van der Waals surface area contributed by atoms with Crippen LogP contribution in [0, 0.1) is 33.6 Å². The molecule has 18 heterocycles. The summed E-state index contributed by atoms with van der Waals surface area (Å²) in [6.07, 6.45) is 15.7. The molecule has 0 radical (unpaired) electrons. The standard InChI is InChI=1S/C28H27N7O.C27H32N10.C27H31N9.C26H27N7O/c1-4-22-28-33-32-18(3)34(28)16-24(30-22)27-31-23-13-20(26-17(2)12-21(36)14-29-26)10-11-25(23)35(27)15-19-8-6-5-7-9-19;1-18(2)29-25-27-33-32-19(3)36(27)17-22(30-25)26-31-21-15-28-24(35-12-10-34(4)11-13-35)14-23(21)37(26)16-20-8-6-5-7-9-20;1-4-8-21-27-32-31-19(2)35(27)18-23(29-21)26-30-22-16-28-25(34-13-11-33(3)12-14-34)15-24(22)36(26)17-20-9-6-5-7-10-20;1-3-21-26-30-29-18(2)32(26)17-23(27-21)25-28-22-10-9-20(31-11-13-34-14-12-31)15-24(22)33(25)16-19-7-5-4-6-8-19/h5-11,13,16-17H,4,12,14-15H2,1-3H3;5-9,14-15,17-18H,10-13,16H2,1-4H3,(H,29,30);5-7,9-10,15-16,18H,4,8,11-14,17H2,1-3H3;4-10,15,17H,3,11-14,16H2,1-2H3. The van der Waals surface area contributed by atoms with Crippen LogP contribution in [0.4, 0.5) is 23.1 Å². The molecular weight excluding hydrogens is 1790 g/mol. The molecule has 24 rings (SSSR count). The molecule has 0 bridgehead atoms. The number of ketones is 1. The van der Waals surface area contributed by atoms with E-state index in [0.717, 1.165) is 275 Å². The van der Waals surface area contributed by atoms with Gasteiger partial charge in [0.25, 0.3) is 0 Å². The Morgan fingerprint density at radius 2 is 0.797 bits per heavy atom. The summed E-state index contributed by atoms with van der Waals surface area (Å²) in [6.45, 7) is 34.7. The number of piperazine rings is 2. The van der Waals surface area contributed by atoms with Crippen LogP contribution >= 0.6 is 0 Å². The number of pyridine rings is 2. The van der Waals surface area contributed by atoms with Crippen molar-refractivity contribution < 1.29 is 9.53 Å². The van der Waals surface area contributed by atoms with Gasteiger partial charge in [0.1, 0.15) is 68.7 Å². The first-order valence-electron chi connectivity index (χ1n) is 49.6. The smallest absolute Gasteiger partial charge is 0.203 e. The van der Waals surface area contributed by atoms with E-state index in [4.69, 9.17) is 54.6 Å². The third kappa shape index (κ3) is 19.4. The number of hydrogen-bond acceptors (Lipinski definition) is 27. The zero-order valence-corrected chi connectivity index (χ0v) is 83.0. The number of aromatic nitrogens is 26. The van der Waals surface area contributed by atoms with Crippen LogP contribution in [0.2, 0.25) is 0 Å². The number of imidazole rings is 4. The molecule has 3 fully saturated rings. The van der Waals surface area contributed by atoms with Gasteiger partial charge in [0.15, 0.2) is 51.8 Å². The summed E-state index contributed by atoms with van der Waals surface area (Å²) in [5.74, 6) is 9.55. The van der Waals surface area contributed by atoms with Crippen LogP contribution < -0.4 is 20.0 Å². The molecule has 1 N–H and O–H groups in total. The maximum Gasteiger partial charge on any atom is 0.203 e. The second-order valence-corrected chi connectivity index (χ2v) is 37.7. The van der Waals surface area contributed by atoms with Crippen molar-refractivity contribution in [3.05, 3.63) is 275 Å². The van der Waals surface area contributed by atoms with Gasteiger partial charge in [-0.15, -0.1) is 40.8 Å². The van der Waals surface area contributed by atoms with Crippen molar-refractivity contribution >= 4 is 101 Å². The van der Waals surface area contributed by atoms with Crippen LogP contribution in [0.5, 0.6) is 0 Å². The van der Waals surface area contributed by atoms with Crippen molar-refractivity contribution in [3.63, 3.8) is 0 Å². The lowest BCUT2D eigenvalue weighted by Crippen LogP contribution is -2.44. The lowest BCUT2D eigenvalue weighted by Gasteiger charge is -2.33. The van der Waals surface area contributed by atoms with E-state index in [0.29, 0.717) is 44.1 Å². The lowest BCUT2D eigenvalue weighted by molar-refractivity contribution is -0.118. The number of Topliss-reactive ketones (excluding diaryl/α,β-unsaturated/α-hetero) is 1. The molecule has 1 unspecified atom stereocenters. The van der Waals surface area contributed by atoms with Crippen molar-refractivity contribution in [1.29, 1.82) is 0 Å². The molecule has 20 aromatic rings. The Kier molecular flexibility index (Phi) is 26.6. The van der Waals surface area contributed by atoms with Gasteiger partial charge in [-0.2, -0.15) is 0 Å². The number of benzene rings is 6. The molecule has 14 aromatic heterocycles. The molecule has 143 heavy (non-hydrogen) atoms. The van der Waals surface area contributed by atoms with Crippen molar-refractivity contribution in [3.8, 4) is 46.1 Å². The second-order valence-electron chi connectivity index (χ2n) is 37.7. The summed E-state index contributed by atoms with van der Waals surface area (Å²) < 4.78 is 22.6. The summed E-state index contributed by atoms with van der Waals surface area (Å²) in [6, 6.07) is 59.3. The Morgan fingerprint density at radius 3 is 1.23 bits per heavy atom. The molecular formula is C108H117N33O2. The third-order valence-corrected chi connectivity index (χ3v) is 27.2. The first-order valence-corrected chi connectivity index (χ1v) is 49.6. The average molecular weight is 1910 g/mol. The van der Waals surface area contributed by atoms with E-state index in [1.54, 1.807) is 0 Å². The predicted molar refractivity (Wildman–Crippen MR) is 559 cm³/mol. The zero-order valence-electron chi connectivity index (χ0n) is 83.0. The lowest BCUT2D eigenvalue weighted by atomic mass is 9.91. The maximum atomic E-state index is 11.9. The normalized spacial score (nSPS) is 15.0. The molecule has 0 aliphatic carbocycles. The number of carbonyl (C=O) groups excluding carboxylic acids is 1. The summed E-state index contributed by atoms with van der Waals surface area (Å²) in [5.41, 5.74) is 24.9. The Bertz CT molecular complexity index is 8050. The van der Waals surface area contributed by atoms with Crippen LogP contribution in [0.1, 0.15) is 123 Å². The van der Waals surface area contributed by atoms with E-state index < -0.39 is 0 Å². The van der Waals surface area contributed by atoms with Crippen LogP contribution in [-0.4, -0.2) is 253 Å². The minimum Gasteiger partial charge on any atom is -0.378 e. The molecule has 4 aliphatic rings. The first kappa shape index (κ1) is 93.4. The molecule has 1 atom stereocenters. The van der Waals surface area contributed by atoms with E-state index in [1.165, 1.54) is 27.9 Å². The predicted octanol–water partition coefficient (Wildman–Crippen LogP) is 15.4. The fraction of sp³-hybridized carbons (Fsp3) is 0.333. The van der Waals surface area contributed by atoms with Crippen molar-refractivity contribution in [1.82, 2.24) is 136 Å². The number of hydrogen-bond donors (Lipinski definition) is 1. The van der Waals surface area contributed by atoms with Gasteiger partial charge in [-0.1, -0.05) is 162 Å². The minimum atomic E-state index is 0.0995. The second kappa shape index (κ2) is 40.7. The summed E-state index contributed by atoms with van der Waals surface area (Å²) in [5, 5.41) is 37.9. The number of nitrogens with one attached hydrogen (secondary N) is 1. The van der Waals surface area contributed by atoms with Crippen LogP contribution in [0.15, 0.2) is 212 Å². The number of morpholine rings is 1. The maximum absolute atomic E-state index is 11.9. The fourth-order valence-electron chi connectivity index (χ4n) is 19.5. The highest BCUT2D eigenvalue weighted by Gasteiger charge is 2.30. The number of carbonyl (C=O) groups is 1. The monoisotopic (exact) mass is 1910 g/mol. The topological polar surface area (TPSA) is 336 Å². The Balaban J connectivity index is 0.000000113. The van der Waals surface area contributed by atoms with Crippen molar-refractivity contribution in [2.45, 2.75) is 134 Å². The summed E-state index contributed by atoms with van der Waals surface area (Å²) in [4.78, 5) is 78.1. The van der Waals surface area contributed by atoms with Crippen LogP contribution in [0.25, 0.3) is 113 Å². The van der Waals surface area contributed by atoms with Crippen molar-refractivity contribution in [2.24, 2.45) is 10.9 Å². The number of fused-ring (bicyclic) bond motifs is 8. The van der Waals surface area contributed by atoms with Gasteiger partial charge in [-0.25, -0.2) is 49.8 Å². The van der Waals surface area contributed by atoms with Crippen molar-refractivity contribution in [2.75, 3.05) is 119 Å². The first-order chi connectivity index (χ1) is 69.8. The quantitative estimate of drug-likeness (QED) is 0.0658. The largest absolute Gasteiger partial charge is 0.378 e. The number of ether oxygens (including phenoxy) is 1. The molecule has 0 saturated carbocycles. The highest BCUT2D eigenvalue weighted by molar-refractivity contribution is 6.08. The van der Waals surface area contributed by atoms with Crippen LogP contribution in [0.3, 0.4) is 0 Å². The fourth-order valence-corrected chi connectivity index (χ4v) is 19.5. The number of rotatable bonds is 22. The molecule has 35 heteroatoms. The number of aliphatic imine (C=N–C) groups is 1. The molecule has 0 spiro atoms. The Morgan fingerprint density at radius 1 is 0.399 bits per heavy atom. The van der Waals surface area contributed by atoms with E-state index in [2.05, 4.69) is 295 Å². The van der Waals surface area contributed by atoms with E-state index in [-0.39, 0.29) is 24.3 Å². The van der Waals surface area contributed by atoms with Gasteiger partial charge in [-0.3, -0.25) is 27.4 Å². The summed E-state index contributed by atoms with van der Waals surface area (Å²) in [7, 11) is 4.34. The van der Waals surface area contributed by atoms with Gasteiger partial charge < -0.3 is 52.8 Å². The third-order valence-electron chi connectivity index (χ3n) is 27.2. The van der Waals surface area contributed by atoms with Gasteiger partial charge in [0.05, 0.1) is 82.3 Å². The highest BCUT2D eigenvalue weighted by Crippen LogP contribution is 2.37. The van der Waals surface area contributed by atoms with E-state index >= 15 is 0 Å².